The van der Waals surface area contributed by atoms with E-state index < -0.39 is 17.6 Å². The van der Waals surface area contributed by atoms with E-state index in [4.69, 9.17) is 0 Å². The number of amides is 1. The number of halogens is 3. The molecule has 2 aromatic heterocycles. The summed E-state index contributed by atoms with van der Waals surface area (Å²) in [5.41, 5.74) is 1.36. The summed E-state index contributed by atoms with van der Waals surface area (Å²) in [6.45, 7) is 2.11. The maximum absolute atomic E-state index is 12.8. The molecule has 3 heterocycles. The maximum Gasteiger partial charge on any atom is 0.416 e. The lowest BCUT2D eigenvalue weighted by atomic mass is 10.1. The van der Waals surface area contributed by atoms with Gasteiger partial charge in [-0.1, -0.05) is 4.99 Å². The van der Waals surface area contributed by atoms with Gasteiger partial charge >= 0.3 is 12.0 Å². The van der Waals surface area contributed by atoms with Crippen molar-refractivity contribution in [3.8, 4) is 0 Å². The fourth-order valence-electron chi connectivity index (χ4n) is 2.99. The molecule has 0 N–H and O–H groups in total. The summed E-state index contributed by atoms with van der Waals surface area (Å²) in [6, 6.07) is 8.16. The topological polar surface area (TPSA) is 75.2 Å². The van der Waals surface area contributed by atoms with Gasteiger partial charge in [-0.25, -0.2) is 4.98 Å². The zero-order valence-corrected chi connectivity index (χ0v) is 16.1. The van der Waals surface area contributed by atoms with Crippen molar-refractivity contribution < 1.29 is 22.5 Å². The lowest BCUT2D eigenvalue weighted by Gasteiger charge is -2.15. The Bertz CT molecular complexity index is 1140. The van der Waals surface area contributed by atoms with Crippen LogP contribution in [0.5, 0.6) is 0 Å². The maximum atomic E-state index is 12.8. The van der Waals surface area contributed by atoms with Gasteiger partial charge in [0, 0.05) is 7.05 Å². The number of benzene rings is 1. The van der Waals surface area contributed by atoms with Crippen LogP contribution in [0.2, 0.25) is 0 Å². The molecule has 7 nitrogen and oxygen atoms in total. The summed E-state index contributed by atoms with van der Waals surface area (Å²) < 4.78 is 40.1. The zero-order chi connectivity index (χ0) is 21.5. The molecule has 0 fully saturated rings. The van der Waals surface area contributed by atoms with Crippen molar-refractivity contribution in [3.05, 3.63) is 77.0 Å². The standard InChI is InChI=1S/C20H16F3N6O/c1-12-3-8-17(27-26-12)28(2)19(30)16-11-29-15(9-24-16)10-25-18(29)13-4-6-14(7-5-13)20(21,22)23/h3-9,11H,10H2,1-2H3/q+1. The number of aromatic nitrogens is 4. The van der Waals surface area contributed by atoms with Crippen LogP contribution in [0.3, 0.4) is 0 Å². The van der Waals surface area contributed by atoms with Gasteiger partial charge in [-0.2, -0.15) is 22.8 Å². The van der Waals surface area contributed by atoms with Crippen LogP contribution < -0.4 is 9.47 Å². The van der Waals surface area contributed by atoms with Crippen LogP contribution in [0.25, 0.3) is 0 Å². The van der Waals surface area contributed by atoms with Crippen molar-refractivity contribution in [3.63, 3.8) is 0 Å². The molecule has 0 aliphatic carbocycles. The molecule has 152 valence electrons. The van der Waals surface area contributed by atoms with E-state index in [0.29, 0.717) is 23.8 Å². The van der Waals surface area contributed by atoms with E-state index in [1.807, 2.05) is 0 Å². The highest BCUT2D eigenvalue weighted by Crippen LogP contribution is 2.29. The van der Waals surface area contributed by atoms with Crippen LogP contribution in [0.15, 0.2) is 53.8 Å². The van der Waals surface area contributed by atoms with Crippen molar-refractivity contribution in [1.82, 2.24) is 15.2 Å². The third-order valence-corrected chi connectivity index (χ3v) is 4.65. The van der Waals surface area contributed by atoms with Gasteiger partial charge in [-0.05, 0) is 43.3 Å². The second-order valence-electron chi connectivity index (χ2n) is 6.75. The molecule has 0 bridgehead atoms. The number of aliphatic imine (C=N–C) groups is 1. The third-order valence-electron chi connectivity index (χ3n) is 4.65. The van der Waals surface area contributed by atoms with Gasteiger partial charge in [0.1, 0.15) is 6.20 Å². The molecule has 1 amide bonds. The molecule has 0 unspecified atom stereocenters. The minimum Gasteiger partial charge on any atom is -0.293 e. The smallest absolute Gasteiger partial charge is 0.293 e. The van der Waals surface area contributed by atoms with Crippen molar-refractivity contribution in [2.75, 3.05) is 11.9 Å². The highest BCUT2D eigenvalue weighted by Gasteiger charge is 2.32. The lowest BCUT2D eigenvalue weighted by molar-refractivity contribution is -0.557. The Balaban J connectivity index is 1.63. The Morgan fingerprint density at radius 2 is 1.83 bits per heavy atom. The number of fused-ring (bicyclic) bond motifs is 1. The number of hydrogen-bond donors (Lipinski definition) is 0. The highest BCUT2D eigenvalue weighted by molar-refractivity contribution is 6.03. The van der Waals surface area contributed by atoms with Crippen LogP contribution in [-0.2, 0) is 12.7 Å². The number of rotatable bonds is 3. The van der Waals surface area contributed by atoms with E-state index in [0.717, 1.165) is 23.5 Å². The first kappa shape index (κ1) is 19.6. The summed E-state index contributed by atoms with van der Waals surface area (Å²) in [5.74, 6) is 0.421. The third kappa shape index (κ3) is 3.63. The Morgan fingerprint density at radius 1 is 1.10 bits per heavy atom. The summed E-state index contributed by atoms with van der Waals surface area (Å²) in [4.78, 5) is 22.8. The molecule has 10 heteroatoms. The minimum atomic E-state index is -4.41. The Morgan fingerprint density at radius 3 is 2.47 bits per heavy atom. The van der Waals surface area contributed by atoms with Gasteiger partial charge in [-0.3, -0.25) is 9.69 Å². The van der Waals surface area contributed by atoms with E-state index in [-0.39, 0.29) is 5.69 Å². The molecule has 0 saturated heterocycles. The molecule has 0 spiro atoms. The van der Waals surface area contributed by atoms with Gasteiger partial charge < -0.3 is 0 Å². The number of aryl methyl sites for hydroxylation is 1. The highest BCUT2D eigenvalue weighted by atomic mass is 19.4. The monoisotopic (exact) mass is 413 g/mol. The minimum absolute atomic E-state index is 0.144. The van der Waals surface area contributed by atoms with Crippen molar-refractivity contribution in [2.24, 2.45) is 4.99 Å². The van der Waals surface area contributed by atoms with Crippen molar-refractivity contribution in [2.45, 2.75) is 19.6 Å². The first-order chi connectivity index (χ1) is 14.2. The molecule has 1 aliphatic heterocycles. The zero-order valence-electron chi connectivity index (χ0n) is 16.1. The molecule has 0 radical (unpaired) electrons. The summed E-state index contributed by atoms with van der Waals surface area (Å²) in [7, 11) is 1.56. The van der Waals surface area contributed by atoms with E-state index in [9.17, 15) is 18.0 Å². The molecule has 0 saturated carbocycles. The predicted octanol–water partition coefficient (Wildman–Crippen LogP) is 2.57. The SMILES string of the molecule is Cc1ccc(N(C)C(=O)c2c[n+]3c(cn2)CN=C3c2ccc(C(F)(F)F)cc2)nn1. The number of hydrogen-bond acceptors (Lipinski definition) is 5. The number of alkyl halides is 3. The largest absolute Gasteiger partial charge is 0.416 e. The molecule has 0 atom stereocenters. The number of nitrogens with zero attached hydrogens (tertiary/aromatic N) is 6. The van der Waals surface area contributed by atoms with Crippen LogP contribution in [-0.4, -0.2) is 34.0 Å². The van der Waals surface area contributed by atoms with E-state index in [2.05, 4.69) is 20.2 Å². The second kappa shape index (κ2) is 7.29. The van der Waals surface area contributed by atoms with Crippen LogP contribution in [0.1, 0.15) is 33.0 Å². The van der Waals surface area contributed by atoms with Gasteiger partial charge in [0.25, 0.3) is 5.91 Å². The van der Waals surface area contributed by atoms with Crippen molar-refractivity contribution in [1.29, 1.82) is 0 Å². The Labute approximate surface area is 169 Å². The quantitative estimate of drug-likeness (QED) is 0.619. The summed E-state index contributed by atoms with van der Waals surface area (Å²) in [6.07, 6.45) is -1.35. The number of carbonyl (C=O) groups is 1. The number of carbonyl (C=O) groups excluding carboxylic acids is 1. The molecular formula is C20H16F3N6O+. The lowest BCUT2D eigenvalue weighted by Crippen LogP contribution is -2.45. The molecule has 1 aliphatic rings. The first-order valence-electron chi connectivity index (χ1n) is 8.95. The van der Waals surface area contributed by atoms with Crippen LogP contribution in [0, 0.1) is 6.92 Å². The molecule has 3 aromatic rings. The molecule has 1 aromatic carbocycles. The molecule has 30 heavy (non-hydrogen) atoms. The average molecular weight is 413 g/mol. The Hall–Kier alpha value is -3.69. The van der Waals surface area contributed by atoms with Crippen LogP contribution in [0.4, 0.5) is 19.0 Å². The predicted molar refractivity (Wildman–Crippen MR) is 101 cm³/mol. The van der Waals surface area contributed by atoms with E-state index in [1.54, 1.807) is 30.7 Å². The fraction of sp³-hybridized carbons (Fsp3) is 0.200. The summed E-state index contributed by atoms with van der Waals surface area (Å²) >= 11 is 0. The summed E-state index contributed by atoms with van der Waals surface area (Å²) in [5, 5.41) is 7.93. The molecular weight excluding hydrogens is 397 g/mol. The van der Waals surface area contributed by atoms with Gasteiger partial charge in [0.2, 0.25) is 0 Å². The van der Waals surface area contributed by atoms with Gasteiger partial charge in [0.05, 0.1) is 23.0 Å². The van der Waals surface area contributed by atoms with Crippen molar-refractivity contribution >= 4 is 17.6 Å². The van der Waals surface area contributed by atoms with Gasteiger partial charge in [-0.15, -0.1) is 5.10 Å². The fourth-order valence-corrected chi connectivity index (χ4v) is 2.99. The second-order valence-corrected chi connectivity index (χ2v) is 6.75. The van der Waals surface area contributed by atoms with E-state index >= 15 is 0 Å². The van der Waals surface area contributed by atoms with E-state index in [1.165, 1.54) is 29.4 Å². The van der Waals surface area contributed by atoms with Gasteiger partial charge in [0.15, 0.2) is 23.8 Å². The first-order valence-corrected chi connectivity index (χ1v) is 8.95. The molecule has 4 rings (SSSR count). The number of anilines is 1. The average Bonchev–Trinajstić information content (AvgIpc) is 3.16. The van der Waals surface area contributed by atoms with Crippen LogP contribution >= 0.6 is 0 Å². The Kier molecular flexibility index (Phi) is 4.76. The normalized spacial score (nSPS) is 13.0.